The number of carbonyl (C=O) groups excluding carboxylic acids is 1. The molecule has 0 aliphatic heterocycles. The second-order valence-electron chi connectivity index (χ2n) is 5.28. The molecule has 0 fully saturated rings. The third kappa shape index (κ3) is 4.08. The molecule has 0 spiro atoms. The van der Waals surface area contributed by atoms with Crippen molar-refractivity contribution in [2.45, 2.75) is 18.6 Å². The number of hydrogen-bond acceptors (Lipinski definition) is 4. The SMILES string of the molecule is CCn1c(SCC(=O)c2ccc(F)cc2)nnc1-c1ccc(Cl)cc1. The van der Waals surface area contributed by atoms with Crippen LogP contribution in [0.2, 0.25) is 5.02 Å². The summed E-state index contributed by atoms with van der Waals surface area (Å²) in [5.74, 6) is 0.506. The van der Waals surface area contributed by atoms with E-state index in [4.69, 9.17) is 11.6 Å². The Hall–Kier alpha value is -2.18. The summed E-state index contributed by atoms with van der Waals surface area (Å²) in [7, 11) is 0. The summed E-state index contributed by atoms with van der Waals surface area (Å²) in [4.78, 5) is 12.2. The first-order chi connectivity index (χ1) is 12.1. The summed E-state index contributed by atoms with van der Waals surface area (Å²) in [5.41, 5.74) is 1.39. The number of halogens is 2. The fourth-order valence-electron chi connectivity index (χ4n) is 2.34. The third-order valence-electron chi connectivity index (χ3n) is 3.63. The maximum Gasteiger partial charge on any atom is 0.191 e. The summed E-state index contributed by atoms with van der Waals surface area (Å²) < 4.78 is 14.9. The van der Waals surface area contributed by atoms with E-state index in [1.54, 1.807) is 12.1 Å². The number of rotatable bonds is 6. The van der Waals surface area contributed by atoms with E-state index in [-0.39, 0.29) is 17.4 Å². The highest BCUT2D eigenvalue weighted by molar-refractivity contribution is 7.99. The number of benzene rings is 2. The minimum absolute atomic E-state index is 0.0799. The van der Waals surface area contributed by atoms with Gasteiger partial charge < -0.3 is 4.57 Å². The second-order valence-corrected chi connectivity index (χ2v) is 6.66. The van der Waals surface area contributed by atoms with Crippen LogP contribution in [0.1, 0.15) is 17.3 Å². The molecule has 128 valence electrons. The first-order valence-electron chi connectivity index (χ1n) is 7.69. The number of thioether (sulfide) groups is 1. The Labute approximate surface area is 154 Å². The fraction of sp³-hybridized carbons (Fsp3) is 0.167. The average molecular weight is 376 g/mol. The number of aromatic nitrogens is 3. The molecule has 0 aliphatic rings. The monoisotopic (exact) mass is 375 g/mol. The molecule has 0 atom stereocenters. The molecule has 0 saturated carbocycles. The van der Waals surface area contributed by atoms with Crippen LogP contribution in [0.25, 0.3) is 11.4 Å². The Kier molecular flexibility index (Phi) is 5.50. The molecule has 1 aromatic heterocycles. The molecule has 3 rings (SSSR count). The van der Waals surface area contributed by atoms with E-state index in [0.717, 1.165) is 11.4 Å². The number of Topliss-reactive ketones (excluding diaryl/α,β-unsaturated/α-hetero) is 1. The van der Waals surface area contributed by atoms with Crippen LogP contribution in [0.3, 0.4) is 0 Å². The van der Waals surface area contributed by atoms with Crippen molar-refractivity contribution in [3.05, 3.63) is 64.9 Å². The lowest BCUT2D eigenvalue weighted by Crippen LogP contribution is -2.05. The highest BCUT2D eigenvalue weighted by atomic mass is 35.5. The van der Waals surface area contributed by atoms with Crippen LogP contribution in [0.5, 0.6) is 0 Å². The van der Waals surface area contributed by atoms with Gasteiger partial charge in [-0.3, -0.25) is 4.79 Å². The van der Waals surface area contributed by atoms with E-state index in [2.05, 4.69) is 10.2 Å². The van der Waals surface area contributed by atoms with E-state index in [9.17, 15) is 9.18 Å². The van der Waals surface area contributed by atoms with Gasteiger partial charge in [-0.1, -0.05) is 23.4 Å². The van der Waals surface area contributed by atoms with E-state index in [0.29, 0.717) is 22.3 Å². The molecule has 0 radical (unpaired) electrons. The third-order valence-corrected chi connectivity index (χ3v) is 4.85. The van der Waals surface area contributed by atoms with Crippen molar-refractivity contribution in [2.75, 3.05) is 5.75 Å². The van der Waals surface area contributed by atoms with Crippen molar-refractivity contribution in [3.8, 4) is 11.4 Å². The second kappa shape index (κ2) is 7.80. The Balaban J connectivity index is 1.76. The smallest absolute Gasteiger partial charge is 0.191 e. The van der Waals surface area contributed by atoms with E-state index in [1.807, 2.05) is 23.6 Å². The molecule has 4 nitrogen and oxygen atoms in total. The van der Waals surface area contributed by atoms with Gasteiger partial charge in [0.25, 0.3) is 0 Å². The zero-order chi connectivity index (χ0) is 17.8. The minimum Gasteiger partial charge on any atom is -0.302 e. The standard InChI is InChI=1S/C18H15ClFN3OS/c1-2-23-17(13-3-7-14(19)8-4-13)21-22-18(23)25-11-16(24)12-5-9-15(20)10-6-12/h3-10H,2,11H2,1H3. The zero-order valence-electron chi connectivity index (χ0n) is 13.4. The highest BCUT2D eigenvalue weighted by Gasteiger charge is 2.15. The number of carbonyl (C=O) groups is 1. The molecule has 0 unspecified atom stereocenters. The molecule has 1 heterocycles. The summed E-state index contributed by atoms with van der Waals surface area (Å²) >= 11 is 7.24. The summed E-state index contributed by atoms with van der Waals surface area (Å²) in [6.07, 6.45) is 0. The van der Waals surface area contributed by atoms with Gasteiger partial charge in [0.15, 0.2) is 16.8 Å². The number of hydrogen-bond donors (Lipinski definition) is 0. The van der Waals surface area contributed by atoms with Crippen LogP contribution in [-0.2, 0) is 6.54 Å². The van der Waals surface area contributed by atoms with Gasteiger partial charge >= 0.3 is 0 Å². The van der Waals surface area contributed by atoms with Crippen LogP contribution in [-0.4, -0.2) is 26.3 Å². The number of nitrogens with zero attached hydrogens (tertiary/aromatic N) is 3. The zero-order valence-corrected chi connectivity index (χ0v) is 15.0. The van der Waals surface area contributed by atoms with Gasteiger partial charge in [0.2, 0.25) is 0 Å². The van der Waals surface area contributed by atoms with Crippen molar-refractivity contribution in [2.24, 2.45) is 0 Å². The van der Waals surface area contributed by atoms with Gasteiger partial charge in [-0.2, -0.15) is 0 Å². The lowest BCUT2D eigenvalue weighted by molar-refractivity contribution is 0.102. The largest absolute Gasteiger partial charge is 0.302 e. The van der Waals surface area contributed by atoms with Crippen LogP contribution >= 0.6 is 23.4 Å². The lowest BCUT2D eigenvalue weighted by atomic mass is 10.1. The molecule has 3 aromatic rings. The van der Waals surface area contributed by atoms with Crippen molar-refractivity contribution in [3.63, 3.8) is 0 Å². The van der Waals surface area contributed by atoms with Crippen molar-refractivity contribution in [1.82, 2.24) is 14.8 Å². The van der Waals surface area contributed by atoms with Crippen LogP contribution < -0.4 is 0 Å². The maximum absolute atomic E-state index is 12.9. The highest BCUT2D eigenvalue weighted by Crippen LogP contribution is 2.25. The molecule has 2 aromatic carbocycles. The van der Waals surface area contributed by atoms with Crippen LogP contribution in [0.15, 0.2) is 53.7 Å². The molecule has 0 amide bonds. The first-order valence-corrected chi connectivity index (χ1v) is 9.05. The topological polar surface area (TPSA) is 47.8 Å². The van der Waals surface area contributed by atoms with E-state index < -0.39 is 0 Å². The minimum atomic E-state index is -0.359. The molecule has 0 saturated heterocycles. The Morgan fingerprint density at radius 2 is 1.80 bits per heavy atom. The average Bonchev–Trinajstić information content (AvgIpc) is 3.04. The molecular formula is C18H15ClFN3OS. The Morgan fingerprint density at radius 3 is 2.44 bits per heavy atom. The molecule has 0 aliphatic carbocycles. The predicted octanol–water partition coefficient (Wildman–Crippen LogP) is 4.73. The van der Waals surface area contributed by atoms with Crippen LogP contribution in [0, 0.1) is 5.82 Å². The summed E-state index contributed by atoms with van der Waals surface area (Å²) in [6.45, 7) is 2.67. The molecule has 7 heteroatoms. The normalized spacial score (nSPS) is 10.8. The van der Waals surface area contributed by atoms with Gasteiger partial charge in [0.1, 0.15) is 5.82 Å². The van der Waals surface area contributed by atoms with E-state index >= 15 is 0 Å². The number of ketones is 1. The van der Waals surface area contributed by atoms with E-state index in [1.165, 1.54) is 36.0 Å². The van der Waals surface area contributed by atoms with Crippen molar-refractivity contribution >= 4 is 29.1 Å². The molecule has 0 bridgehead atoms. The van der Waals surface area contributed by atoms with Gasteiger partial charge in [-0.05, 0) is 55.5 Å². The quantitative estimate of drug-likeness (QED) is 0.461. The summed E-state index contributed by atoms with van der Waals surface area (Å²) in [5, 5.41) is 9.76. The van der Waals surface area contributed by atoms with Gasteiger partial charge in [-0.15, -0.1) is 10.2 Å². The predicted molar refractivity (Wildman–Crippen MR) is 97.6 cm³/mol. The van der Waals surface area contributed by atoms with Gasteiger partial charge in [0, 0.05) is 22.7 Å². The first kappa shape index (κ1) is 17.6. The Bertz CT molecular complexity index is 878. The van der Waals surface area contributed by atoms with Gasteiger partial charge in [-0.25, -0.2) is 4.39 Å². The molecule has 25 heavy (non-hydrogen) atoms. The Morgan fingerprint density at radius 1 is 1.12 bits per heavy atom. The fourth-order valence-corrected chi connectivity index (χ4v) is 3.37. The molecule has 0 N–H and O–H groups in total. The van der Waals surface area contributed by atoms with Crippen LogP contribution in [0.4, 0.5) is 4.39 Å². The molecular weight excluding hydrogens is 361 g/mol. The maximum atomic E-state index is 12.9. The lowest BCUT2D eigenvalue weighted by Gasteiger charge is -2.07. The van der Waals surface area contributed by atoms with Crippen molar-refractivity contribution < 1.29 is 9.18 Å². The van der Waals surface area contributed by atoms with Crippen molar-refractivity contribution in [1.29, 1.82) is 0 Å². The summed E-state index contributed by atoms with van der Waals surface area (Å²) in [6, 6.07) is 12.9. The van der Waals surface area contributed by atoms with Gasteiger partial charge in [0.05, 0.1) is 5.75 Å².